The number of nitrogens with zero attached hydrogens (tertiary/aromatic N) is 1. The van der Waals surface area contributed by atoms with Gasteiger partial charge in [0.15, 0.2) is 0 Å². The van der Waals surface area contributed by atoms with E-state index in [0.717, 1.165) is 4.90 Å². The second kappa shape index (κ2) is 4.31. The summed E-state index contributed by atoms with van der Waals surface area (Å²) >= 11 is 2.78. The molecule has 5 heteroatoms. The molecule has 2 aliphatic heterocycles. The van der Waals surface area contributed by atoms with Crippen LogP contribution >= 0.6 is 23.5 Å². The molecule has 1 aromatic rings. The lowest BCUT2D eigenvalue weighted by atomic mass is 10.1. The van der Waals surface area contributed by atoms with Gasteiger partial charge >= 0.3 is 0 Å². The van der Waals surface area contributed by atoms with E-state index in [1.807, 2.05) is 25.1 Å². The van der Waals surface area contributed by atoms with Crippen molar-refractivity contribution in [1.82, 2.24) is 4.90 Å². The third kappa shape index (κ3) is 1.68. The predicted molar refractivity (Wildman–Crippen MR) is 73.8 cm³/mol. The van der Waals surface area contributed by atoms with E-state index < -0.39 is 0 Å². The van der Waals surface area contributed by atoms with Crippen LogP contribution in [-0.4, -0.2) is 32.6 Å². The molecule has 1 fully saturated rings. The minimum atomic E-state index is -0.333. The van der Waals surface area contributed by atoms with E-state index in [4.69, 9.17) is 0 Å². The lowest BCUT2D eigenvalue weighted by molar-refractivity contribution is -0.112. The number of carbonyl (C=O) groups excluding carboxylic acids is 2. The van der Waals surface area contributed by atoms with Crippen molar-refractivity contribution in [2.75, 3.05) is 0 Å². The number of rotatable bonds is 0. The molecule has 0 N–H and O–H groups in total. The van der Waals surface area contributed by atoms with Gasteiger partial charge in [0.2, 0.25) is 5.12 Å². The van der Waals surface area contributed by atoms with E-state index in [9.17, 15) is 9.59 Å². The number of fused-ring (bicyclic) bond motifs is 2. The number of carbonyl (C=O) groups is 2. The highest BCUT2D eigenvalue weighted by molar-refractivity contribution is 8.16. The summed E-state index contributed by atoms with van der Waals surface area (Å²) in [7, 11) is 0. The van der Waals surface area contributed by atoms with Crippen LogP contribution in [0, 0.1) is 0 Å². The topological polar surface area (TPSA) is 37.4 Å². The first-order valence-electron chi connectivity index (χ1n) is 5.88. The van der Waals surface area contributed by atoms with Crippen LogP contribution in [0.15, 0.2) is 29.2 Å². The van der Waals surface area contributed by atoms with Crippen LogP contribution in [0.5, 0.6) is 0 Å². The molecule has 3 nitrogen and oxygen atoms in total. The summed E-state index contributed by atoms with van der Waals surface area (Å²) in [5.74, 6) is -0.0155. The highest BCUT2D eigenvalue weighted by Crippen LogP contribution is 2.43. The number of hydrogen-bond donors (Lipinski definition) is 0. The van der Waals surface area contributed by atoms with E-state index in [2.05, 4.69) is 6.92 Å². The Hall–Kier alpha value is -0.940. The minimum Gasteiger partial charge on any atom is -0.315 e. The molecule has 3 unspecified atom stereocenters. The highest BCUT2D eigenvalue weighted by Gasteiger charge is 2.46. The van der Waals surface area contributed by atoms with Crippen molar-refractivity contribution >= 4 is 34.5 Å². The molecule has 3 atom stereocenters. The maximum atomic E-state index is 12.6. The molecule has 2 aliphatic rings. The number of benzene rings is 1. The standard InChI is InChI=1S/C13H13NO2S2/c1-7-8(2)17-12-13(16)18-10-6-4-3-5-9(10)11(15)14(7)12/h3-8,12H,1-2H3. The van der Waals surface area contributed by atoms with Crippen molar-refractivity contribution in [2.45, 2.75) is 35.4 Å². The van der Waals surface area contributed by atoms with Gasteiger partial charge in [-0.2, -0.15) is 0 Å². The van der Waals surface area contributed by atoms with Crippen LogP contribution in [-0.2, 0) is 4.79 Å². The van der Waals surface area contributed by atoms with Crippen LogP contribution in [0.2, 0.25) is 0 Å². The Kier molecular flexibility index (Phi) is 2.90. The molecule has 3 rings (SSSR count). The SMILES string of the molecule is CC1SC2C(=O)Sc3ccccc3C(=O)N2C1C. The normalized spacial score (nSPS) is 31.0. The Labute approximate surface area is 114 Å². The third-order valence-corrected chi connectivity index (χ3v) is 6.15. The molecule has 0 saturated carbocycles. The second-order valence-corrected chi connectivity index (χ2v) is 7.07. The molecular formula is C13H13NO2S2. The van der Waals surface area contributed by atoms with E-state index in [1.54, 1.807) is 22.7 Å². The Morgan fingerprint density at radius 2 is 1.89 bits per heavy atom. The van der Waals surface area contributed by atoms with Crippen LogP contribution in [0.3, 0.4) is 0 Å². The van der Waals surface area contributed by atoms with Gasteiger partial charge in [-0.3, -0.25) is 9.59 Å². The largest absolute Gasteiger partial charge is 0.315 e. The van der Waals surface area contributed by atoms with Crippen LogP contribution < -0.4 is 0 Å². The predicted octanol–water partition coefficient (Wildman–Crippen LogP) is 2.61. The first-order valence-corrected chi connectivity index (χ1v) is 7.64. The summed E-state index contributed by atoms with van der Waals surface area (Å²) < 4.78 is 0. The van der Waals surface area contributed by atoms with Crippen molar-refractivity contribution in [2.24, 2.45) is 0 Å². The summed E-state index contributed by atoms with van der Waals surface area (Å²) in [5, 5.41) is 0.0307. The van der Waals surface area contributed by atoms with Gasteiger partial charge in [-0.15, -0.1) is 11.8 Å². The molecular weight excluding hydrogens is 266 g/mol. The fourth-order valence-electron chi connectivity index (χ4n) is 2.31. The molecule has 1 aromatic carbocycles. The zero-order valence-electron chi connectivity index (χ0n) is 10.1. The molecule has 0 bridgehead atoms. The summed E-state index contributed by atoms with van der Waals surface area (Å²) in [6, 6.07) is 7.46. The monoisotopic (exact) mass is 279 g/mol. The molecule has 0 spiro atoms. The van der Waals surface area contributed by atoms with Crippen LogP contribution in [0.1, 0.15) is 24.2 Å². The third-order valence-electron chi connectivity index (χ3n) is 3.48. The van der Waals surface area contributed by atoms with E-state index in [1.165, 1.54) is 11.8 Å². The fourth-order valence-corrected chi connectivity index (χ4v) is 4.76. The summed E-state index contributed by atoms with van der Waals surface area (Å²) in [5.41, 5.74) is 0.653. The quantitative estimate of drug-likeness (QED) is 0.731. The van der Waals surface area contributed by atoms with Crippen molar-refractivity contribution in [3.63, 3.8) is 0 Å². The first kappa shape index (κ1) is 12.1. The molecule has 2 heterocycles. The van der Waals surface area contributed by atoms with Gasteiger partial charge in [0.05, 0.1) is 5.56 Å². The van der Waals surface area contributed by atoms with Crippen LogP contribution in [0.25, 0.3) is 0 Å². The Balaban J connectivity index is 2.11. The molecule has 1 amide bonds. The van der Waals surface area contributed by atoms with Gasteiger partial charge in [0.1, 0.15) is 5.37 Å². The van der Waals surface area contributed by atoms with Gasteiger partial charge in [0, 0.05) is 16.2 Å². The molecule has 94 valence electrons. The fraction of sp³-hybridized carbons (Fsp3) is 0.385. The molecule has 0 radical (unpaired) electrons. The Morgan fingerprint density at radius 1 is 1.17 bits per heavy atom. The number of amides is 1. The van der Waals surface area contributed by atoms with E-state index in [-0.39, 0.29) is 22.4 Å². The van der Waals surface area contributed by atoms with Crippen molar-refractivity contribution in [3.8, 4) is 0 Å². The van der Waals surface area contributed by atoms with E-state index >= 15 is 0 Å². The van der Waals surface area contributed by atoms with E-state index in [0.29, 0.717) is 10.8 Å². The van der Waals surface area contributed by atoms with Gasteiger partial charge in [-0.1, -0.05) is 19.1 Å². The van der Waals surface area contributed by atoms with Crippen molar-refractivity contribution in [3.05, 3.63) is 29.8 Å². The lowest BCUT2D eigenvalue weighted by Gasteiger charge is -2.24. The summed E-state index contributed by atoms with van der Waals surface area (Å²) in [6.45, 7) is 4.09. The Morgan fingerprint density at radius 3 is 2.67 bits per heavy atom. The average molecular weight is 279 g/mol. The van der Waals surface area contributed by atoms with Gasteiger partial charge in [-0.05, 0) is 30.8 Å². The van der Waals surface area contributed by atoms with Crippen LogP contribution in [0.4, 0.5) is 0 Å². The second-order valence-electron chi connectivity index (χ2n) is 4.56. The van der Waals surface area contributed by atoms with Gasteiger partial charge in [-0.25, -0.2) is 0 Å². The zero-order valence-corrected chi connectivity index (χ0v) is 11.8. The molecule has 0 aliphatic carbocycles. The maximum absolute atomic E-state index is 12.6. The maximum Gasteiger partial charge on any atom is 0.256 e. The van der Waals surface area contributed by atoms with Gasteiger partial charge in [0.25, 0.3) is 5.91 Å². The molecule has 1 saturated heterocycles. The smallest absolute Gasteiger partial charge is 0.256 e. The molecule has 0 aromatic heterocycles. The van der Waals surface area contributed by atoms with Crippen molar-refractivity contribution < 1.29 is 9.59 Å². The van der Waals surface area contributed by atoms with Gasteiger partial charge < -0.3 is 4.90 Å². The molecule has 18 heavy (non-hydrogen) atoms. The highest BCUT2D eigenvalue weighted by atomic mass is 32.2. The Bertz CT molecular complexity index is 531. The summed E-state index contributed by atoms with van der Waals surface area (Å²) in [6.07, 6.45) is 0. The average Bonchev–Trinajstić information content (AvgIpc) is 2.60. The summed E-state index contributed by atoms with van der Waals surface area (Å²) in [4.78, 5) is 27.3. The first-order chi connectivity index (χ1) is 8.59. The zero-order chi connectivity index (χ0) is 12.9. The number of hydrogen-bond acceptors (Lipinski definition) is 4. The minimum absolute atomic E-state index is 0.0155. The lowest BCUT2D eigenvalue weighted by Crippen LogP contribution is -2.42. The van der Waals surface area contributed by atoms with Crippen molar-refractivity contribution in [1.29, 1.82) is 0 Å². The number of thioether (sulfide) groups is 2.